The van der Waals surface area contributed by atoms with Crippen LogP contribution < -0.4 is 5.73 Å². The van der Waals surface area contributed by atoms with Gasteiger partial charge in [-0.3, -0.25) is 4.98 Å². The minimum atomic E-state index is -3.37. The van der Waals surface area contributed by atoms with E-state index in [0.29, 0.717) is 26.6 Å². The molecule has 0 saturated carbocycles. The molecule has 7 heteroatoms. The van der Waals surface area contributed by atoms with Crippen LogP contribution in [0.5, 0.6) is 0 Å². The minimum Gasteiger partial charge on any atom is -0.396 e. The Kier molecular flexibility index (Phi) is 3.78. The van der Waals surface area contributed by atoms with Crippen molar-refractivity contribution in [2.75, 3.05) is 12.0 Å². The monoisotopic (exact) mass is 321 g/mol. The van der Waals surface area contributed by atoms with E-state index < -0.39 is 14.6 Å². The molecule has 2 N–H and O–H groups in total. The Morgan fingerprint density at radius 2 is 2.10 bits per heavy atom. The highest BCUT2D eigenvalue weighted by atomic mass is 32.2. The maximum Gasteiger partial charge on any atom is 0.157 e. The number of thiophene rings is 1. The van der Waals surface area contributed by atoms with Gasteiger partial charge in [-0.15, -0.1) is 11.3 Å². The van der Waals surface area contributed by atoms with Crippen molar-refractivity contribution in [3.05, 3.63) is 34.3 Å². The number of rotatable bonds is 3. The Hall–Kier alpha value is -1.91. The fraction of sp³-hybridized carbons (Fsp3) is 0.286. The van der Waals surface area contributed by atoms with Gasteiger partial charge in [0.1, 0.15) is 15.7 Å². The fourth-order valence-corrected chi connectivity index (χ4v) is 3.97. The summed E-state index contributed by atoms with van der Waals surface area (Å²) in [4.78, 5) is 4.92. The van der Waals surface area contributed by atoms with E-state index in [0.717, 1.165) is 11.3 Å². The van der Waals surface area contributed by atoms with Crippen LogP contribution in [0.25, 0.3) is 11.1 Å². The number of nitrogens with zero attached hydrogens (tertiary/aromatic N) is 2. The van der Waals surface area contributed by atoms with E-state index in [9.17, 15) is 13.7 Å². The Morgan fingerprint density at radius 3 is 2.57 bits per heavy atom. The average molecular weight is 321 g/mol. The van der Waals surface area contributed by atoms with E-state index in [1.54, 1.807) is 38.4 Å². The number of nitrogen functional groups attached to an aromatic ring is 1. The van der Waals surface area contributed by atoms with E-state index in [-0.39, 0.29) is 0 Å². The van der Waals surface area contributed by atoms with Gasteiger partial charge in [-0.05, 0) is 19.9 Å². The lowest BCUT2D eigenvalue weighted by Gasteiger charge is -2.23. The maximum atomic E-state index is 12.1. The lowest BCUT2D eigenvalue weighted by atomic mass is 10.00. The number of hydrogen-bond acceptors (Lipinski definition) is 6. The summed E-state index contributed by atoms with van der Waals surface area (Å²) in [5, 5.41) is 9.19. The molecule has 0 spiro atoms. The van der Waals surface area contributed by atoms with Crippen molar-refractivity contribution in [1.29, 1.82) is 5.26 Å². The number of anilines is 1. The predicted molar refractivity (Wildman–Crippen MR) is 84.5 cm³/mol. The van der Waals surface area contributed by atoms with Gasteiger partial charge < -0.3 is 5.73 Å². The van der Waals surface area contributed by atoms with Gasteiger partial charge in [-0.25, -0.2) is 8.42 Å². The highest BCUT2D eigenvalue weighted by molar-refractivity contribution is 7.91. The molecular weight excluding hydrogens is 306 g/mol. The Bertz CT molecular complexity index is 816. The summed E-state index contributed by atoms with van der Waals surface area (Å²) in [6, 6.07) is 5.57. The molecule has 2 aromatic heterocycles. The minimum absolute atomic E-state index is 0.308. The SMILES string of the molecule is CC(C)(c1sc(C#N)c(N)c1-c1cccnc1)S(C)(=O)=O. The van der Waals surface area contributed by atoms with Gasteiger partial charge in [0, 0.05) is 34.7 Å². The zero-order valence-corrected chi connectivity index (χ0v) is 13.5. The smallest absolute Gasteiger partial charge is 0.157 e. The third kappa shape index (κ3) is 2.52. The normalized spacial score (nSPS) is 12.1. The van der Waals surface area contributed by atoms with Crippen LogP contribution in [-0.2, 0) is 14.6 Å². The first kappa shape index (κ1) is 15.5. The number of sulfone groups is 1. The van der Waals surface area contributed by atoms with Crippen LogP contribution in [0, 0.1) is 11.3 Å². The van der Waals surface area contributed by atoms with Gasteiger partial charge >= 0.3 is 0 Å². The number of aromatic nitrogens is 1. The molecule has 5 nitrogen and oxygen atoms in total. The summed E-state index contributed by atoms with van der Waals surface area (Å²) >= 11 is 1.12. The van der Waals surface area contributed by atoms with Crippen molar-refractivity contribution in [2.45, 2.75) is 18.6 Å². The summed E-state index contributed by atoms with van der Waals surface area (Å²) in [6.07, 6.45) is 4.42. The van der Waals surface area contributed by atoms with Gasteiger partial charge in [-0.1, -0.05) is 6.07 Å². The van der Waals surface area contributed by atoms with E-state index in [4.69, 9.17) is 5.73 Å². The second kappa shape index (κ2) is 5.13. The van der Waals surface area contributed by atoms with Crippen molar-refractivity contribution >= 4 is 26.9 Å². The summed E-state index contributed by atoms with van der Waals surface area (Å²) in [5.74, 6) is 0. The second-order valence-electron chi connectivity index (χ2n) is 5.18. The van der Waals surface area contributed by atoms with Crippen molar-refractivity contribution in [3.8, 4) is 17.2 Å². The quantitative estimate of drug-likeness (QED) is 0.937. The fourth-order valence-electron chi connectivity index (χ4n) is 1.92. The Balaban J connectivity index is 2.83. The van der Waals surface area contributed by atoms with Crippen LogP contribution in [0.4, 0.5) is 5.69 Å². The molecule has 0 atom stereocenters. The molecule has 0 aromatic carbocycles. The van der Waals surface area contributed by atoms with Crippen LogP contribution >= 0.6 is 11.3 Å². The first-order chi connectivity index (χ1) is 9.70. The van der Waals surface area contributed by atoms with E-state index in [1.165, 1.54) is 6.26 Å². The van der Waals surface area contributed by atoms with Crippen molar-refractivity contribution < 1.29 is 8.42 Å². The molecule has 0 saturated heterocycles. The van der Waals surface area contributed by atoms with Crippen LogP contribution in [0.2, 0.25) is 0 Å². The van der Waals surface area contributed by atoms with Crippen molar-refractivity contribution in [1.82, 2.24) is 4.98 Å². The maximum absolute atomic E-state index is 12.1. The average Bonchev–Trinajstić information content (AvgIpc) is 2.76. The van der Waals surface area contributed by atoms with E-state index in [2.05, 4.69) is 4.98 Å². The summed E-state index contributed by atoms with van der Waals surface area (Å²) in [5.41, 5.74) is 7.65. The molecule has 110 valence electrons. The summed E-state index contributed by atoms with van der Waals surface area (Å²) in [6.45, 7) is 3.24. The standard InChI is InChI=1S/C14H15N3O2S2/c1-14(2,21(3,18)19)13-11(9-5-4-6-17-8-9)12(16)10(7-15)20-13/h4-6,8H,16H2,1-3H3. The number of nitriles is 1. The second-order valence-corrected chi connectivity index (χ2v) is 8.77. The summed E-state index contributed by atoms with van der Waals surface area (Å²) in [7, 11) is -3.37. The van der Waals surface area contributed by atoms with Gasteiger partial charge in [0.15, 0.2) is 9.84 Å². The largest absolute Gasteiger partial charge is 0.396 e. The molecule has 0 amide bonds. The Labute approximate surface area is 128 Å². The predicted octanol–water partition coefficient (Wildman–Crippen LogP) is 2.54. The van der Waals surface area contributed by atoms with Crippen LogP contribution in [0.15, 0.2) is 24.5 Å². The van der Waals surface area contributed by atoms with Gasteiger partial charge in [-0.2, -0.15) is 5.26 Å². The van der Waals surface area contributed by atoms with Crippen LogP contribution in [0.3, 0.4) is 0 Å². The van der Waals surface area contributed by atoms with E-state index in [1.807, 2.05) is 6.07 Å². The van der Waals surface area contributed by atoms with Crippen molar-refractivity contribution in [3.63, 3.8) is 0 Å². The van der Waals surface area contributed by atoms with Gasteiger partial charge in [0.25, 0.3) is 0 Å². The molecule has 0 aliphatic heterocycles. The molecule has 0 bridgehead atoms. The third-order valence-corrected chi connectivity index (χ3v) is 7.09. The molecular formula is C14H15N3O2S2. The molecule has 0 aliphatic rings. The number of hydrogen-bond donors (Lipinski definition) is 1. The first-order valence-corrected chi connectivity index (χ1v) is 8.83. The van der Waals surface area contributed by atoms with Crippen LogP contribution in [0.1, 0.15) is 23.6 Å². The number of nitrogens with two attached hydrogens (primary N) is 1. The number of pyridine rings is 1. The highest BCUT2D eigenvalue weighted by Gasteiger charge is 2.38. The zero-order valence-electron chi connectivity index (χ0n) is 11.9. The molecule has 0 radical (unpaired) electrons. The molecule has 2 aromatic rings. The molecule has 2 rings (SSSR count). The highest BCUT2D eigenvalue weighted by Crippen LogP contribution is 2.46. The van der Waals surface area contributed by atoms with Gasteiger partial charge in [0.05, 0.1) is 5.69 Å². The molecule has 21 heavy (non-hydrogen) atoms. The molecule has 0 unspecified atom stereocenters. The van der Waals surface area contributed by atoms with Crippen LogP contribution in [-0.4, -0.2) is 19.7 Å². The molecule has 0 aliphatic carbocycles. The summed E-state index contributed by atoms with van der Waals surface area (Å²) < 4.78 is 23.1. The lowest BCUT2D eigenvalue weighted by molar-refractivity contribution is 0.564. The molecule has 2 heterocycles. The van der Waals surface area contributed by atoms with E-state index >= 15 is 0 Å². The van der Waals surface area contributed by atoms with Crippen molar-refractivity contribution in [2.24, 2.45) is 0 Å². The Morgan fingerprint density at radius 1 is 1.43 bits per heavy atom. The lowest BCUT2D eigenvalue weighted by Crippen LogP contribution is -2.27. The topological polar surface area (TPSA) is 96.8 Å². The van der Waals surface area contributed by atoms with Gasteiger partial charge in [0.2, 0.25) is 0 Å². The zero-order chi connectivity index (χ0) is 15.8. The third-order valence-electron chi connectivity index (χ3n) is 3.47. The molecule has 0 fully saturated rings. The first-order valence-electron chi connectivity index (χ1n) is 6.13.